The molecule has 0 aliphatic carbocycles. The summed E-state index contributed by atoms with van der Waals surface area (Å²) in [6.07, 6.45) is 1.20. The van der Waals surface area contributed by atoms with Gasteiger partial charge in [-0.05, 0) is 0 Å². The van der Waals surface area contributed by atoms with Crippen molar-refractivity contribution in [3.8, 4) is 11.5 Å². The van der Waals surface area contributed by atoms with Gasteiger partial charge in [-0.3, -0.25) is 0 Å². The number of methoxy groups -OCH3 is 1. The van der Waals surface area contributed by atoms with E-state index >= 15 is 0 Å². The zero-order valence-electron chi connectivity index (χ0n) is 16.8. The molecule has 0 aromatic heterocycles. The predicted octanol–water partition coefficient (Wildman–Crippen LogP) is 3.43. The number of anilines is 2. The molecule has 2 amide bonds. The number of carbonyl (C=O) groups is 2. The van der Waals surface area contributed by atoms with Crippen LogP contribution in [0.1, 0.15) is 15.9 Å². The summed E-state index contributed by atoms with van der Waals surface area (Å²) in [5, 5.41) is 12.5. The number of nitrogens with zero attached hydrogens (tertiary/aromatic N) is 1. The molecule has 2 N–H and O–H groups in total. The van der Waals surface area contributed by atoms with Gasteiger partial charge in [0.25, 0.3) is 0 Å². The molecule has 3 rings (SSSR count). The number of amides is 2. The second-order valence-corrected chi connectivity index (χ2v) is 7.41. The minimum absolute atomic E-state index is 0.00989. The average molecular weight is 461 g/mol. The second kappa shape index (κ2) is 10.5. The standard InChI is InChI=1S/C21H22N2O6PS/c1-3-8-28-21(26)22-16-11-19(29-31-30)18(27-2)10-15(16)20(25)23-14(12-24)9-13-6-4-5-7-17(13)23/h3-7,10-11,14,24,31H,1,8-9,12H2,2H3,(H,22,26)/q-1/t14-/m0/s1. The van der Waals surface area contributed by atoms with Gasteiger partial charge in [-0.2, -0.15) is 0 Å². The second-order valence-electron chi connectivity index (χ2n) is 6.58. The summed E-state index contributed by atoms with van der Waals surface area (Å²) in [5.41, 5.74) is 1.99. The molecule has 2 aromatic carbocycles. The fourth-order valence-corrected chi connectivity index (χ4v) is 3.90. The fourth-order valence-electron chi connectivity index (χ4n) is 3.41. The Morgan fingerprint density at radius 1 is 1.35 bits per heavy atom. The molecule has 1 heterocycles. The minimum atomic E-state index is -0.756. The van der Waals surface area contributed by atoms with Gasteiger partial charge in [0, 0.05) is 0 Å². The van der Waals surface area contributed by atoms with Crippen LogP contribution < -0.4 is 19.1 Å². The van der Waals surface area contributed by atoms with Crippen LogP contribution in [0.2, 0.25) is 0 Å². The SMILES string of the molecule is C=CCOC(=O)Nc1cc(O[SH-]#P)c(OC)cc1C(=O)N1c2ccccc2C[C@H]1CO. The molecule has 1 atom stereocenters. The normalized spacial score (nSPS) is 14.5. The Morgan fingerprint density at radius 2 is 2.13 bits per heavy atom. The molecular weight excluding hydrogens is 439 g/mol. The molecule has 0 saturated carbocycles. The van der Waals surface area contributed by atoms with Crippen LogP contribution in [-0.4, -0.2) is 43.5 Å². The van der Waals surface area contributed by atoms with Gasteiger partial charge in [0.1, 0.15) is 0 Å². The first kappa shape index (κ1) is 22.9. The van der Waals surface area contributed by atoms with Crippen LogP contribution in [0.3, 0.4) is 0 Å². The third kappa shape index (κ3) is 4.95. The van der Waals surface area contributed by atoms with E-state index in [0.29, 0.717) is 28.9 Å². The molecule has 0 radical (unpaired) electrons. The number of benzene rings is 2. The van der Waals surface area contributed by atoms with E-state index in [1.807, 2.05) is 24.3 Å². The molecule has 0 fully saturated rings. The molecule has 0 spiro atoms. The van der Waals surface area contributed by atoms with Gasteiger partial charge in [0.2, 0.25) is 0 Å². The third-order valence-corrected chi connectivity index (χ3v) is 5.27. The Labute approximate surface area is 185 Å². The Balaban J connectivity index is 2.07. The van der Waals surface area contributed by atoms with Crippen molar-refractivity contribution in [2.75, 3.05) is 30.5 Å². The van der Waals surface area contributed by atoms with Gasteiger partial charge in [-0.25, -0.2) is 0 Å². The summed E-state index contributed by atoms with van der Waals surface area (Å²) in [6, 6.07) is 9.98. The summed E-state index contributed by atoms with van der Waals surface area (Å²) in [6.45, 7) is 3.31. The van der Waals surface area contributed by atoms with Gasteiger partial charge in [-0.1, -0.05) is 0 Å². The summed E-state index contributed by atoms with van der Waals surface area (Å²) in [4.78, 5) is 27.3. The van der Waals surface area contributed by atoms with Crippen molar-refractivity contribution < 1.29 is 28.4 Å². The fraction of sp³-hybridized carbons (Fsp3) is 0.238. The first-order valence-corrected chi connectivity index (χ1v) is 11.3. The van der Waals surface area contributed by atoms with Crippen LogP contribution in [-0.2, 0) is 22.2 Å². The Bertz CT molecular complexity index is 1050. The first-order chi connectivity index (χ1) is 15.0. The monoisotopic (exact) mass is 461 g/mol. The topological polar surface area (TPSA) is 97.3 Å². The zero-order chi connectivity index (χ0) is 22.4. The number of hydrogen-bond acceptors (Lipinski definition) is 7. The third-order valence-electron chi connectivity index (χ3n) is 4.74. The summed E-state index contributed by atoms with van der Waals surface area (Å²) in [5.74, 6) is 0.175. The van der Waals surface area contributed by atoms with Crippen LogP contribution in [0.5, 0.6) is 11.5 Å². The van der Waals surface area contributed by atoms with Crippen LogP contribution in [0.15, 0.2) is 49.1 Å². The van der Waals surface area contributed by atoms with E-state index in [0.717, 1.165) is 5.56 Å². The summed E-state index contributed by atoms with van der Waals surface area (Å²) < 4.78 is 15.8. The number of thiol groups is 1. The van der Waals surface area contributed by atoms with Crippen molar-refractivity contribution in [2.45, 2.75) is 12.5 Å². The van der Waals surface area contributed by atoms with E-state index in [-0.39, 0.29) is 30.2 Å². The molecule has 8 nitrogen and oxygen atoms in total. The molecule has 1 aliphatic rings. The van der Waals surface area contributed by atoms with E-state index in [9.17, 15) is 14.7 Å². The van der Waals surface area contributed by atoms with Crippen LogP contribution in [0, 0.1) is 0 Å². The van der Waals surface area contributed by atoms with Crippen molar-refractivity contribution in [1.29, 1.82) is 0 Å². The van der Waals surface area contributed by atoms with Gasteiger partial charge in [0.05, 0.1) is 0 Å². The molecular formula is C21H22N2O6PS-. The molecule has 31 heavy (non-hydrogen) atoms. The van der Waals surface area contributed by atoms with Crippen molar-refractivity contribution in [3.05, 3.63) is 60.2 Å². The molecule has 10 heteroatoms. The molecule has 2 aromatic rings. The molecule has 0 bridgehead atoms. The van der Waals surface area contributed by atoms with E-state index < -0.39 is 18.0 Å². The van der Waals surface area contributed by atoms with E-state index in [1.54, 1.807) is 0 Å². The van der Waals surface area contributed by atoms with Crippen molar-refractivity contribution in [3.63, 3.8) is 0 Å². The Hall–Kier alpha value is -2.74. The zero-order valence-corrected chi connectivity index (χ0v) is 18.6. The quantitative estimate of drug-likeness (QED) is 0.284. The molecule has 0 unspecified atom stereocenters. The molecule has 1 aliphatic heterocycles. The molecule has 0 saturated heterocycles. The molecule has 164 valence electrons. The van der Waals surface area contributed by atoms with Gasteiger partial charge < -0.3 is 0 Å². The van der Waals surface area contributed by atoms with E-state index in [4.69, 9.17) is 13.7 Å². The van der Waals surface area contributed by atoms with Crippen molar-refractivity contribution in [2.24, 2.45) is 0 Å². The number of para-hydroxylation sites is 1. The number of rotatable bonds is 7. The number of ether oxygens (including phenoxy) is 2. The Morgan fingerprint density at radius 3 is 2.81 bits per heavy atom. The summed E-state index contributed by atoms with van der Waals surface area (Å²) >= 11 is 0.307. The Kier molecular flexibility index (Phi) is 7.79. The predicted molar refractivity (Wildman–Crippen MR) is 122 cm³/mol. The van der Waals surface area contributed by atoms with Gasteiger partial charge in [0.15, 0.2) is 0 Å². The summed E-state index contributed by atoms with van der Waals surface area (Å²) in [7, 11) is 5.47. The van der Waals surface area contributed by atoms with Crippen LogP contribution in [0.4, 0.5) is 16.2 Å². The number of carbonyl (C=O) groups excluding carboxylic acids is 2. The number of hydrogen-bond donors (Lipinski definition) is 2. The van der Waals surface area contributed by atoms with E-state index in [1.165, 1.54) is 30.2 Å². The van der Waals surface area contributed by atoms with Gasteiger partial charge in [-0.15, -0.1) is 0 Å². The van der Waals surface area contributed by atoms with Crippen molar-refractivity contribution in [1.82, 2.24) is 0 Å². The van der Waals surface area contributed by atoms with Crippen LogP contribution in [0.25, 0.3) is 0 Å². The van der Waals surface area contributed by atoms with Crippen molar-refractivity contribution >= 4 is 42.2 Å². The number of nitrogens with one attached hydrogen (secondary N) is 1. The maximum atomic E-state index is 13.6. The average Bonchev–Trinajstić information content (AvgIpc) is 3.16. The van der Waals surface area contributed by atoms with Gasteiger partial charge >= 0.3 is 185 Å². The number of fused-ring (bicyclic) bond motifs is 1. The number of aliphatic hydroxyl groups excluding tert-OH is 1. The first-order valence-electron chi connectivity index (χ1n) is 9.34. The number of aliphatic hydroxyl groups is 1. The van der Waals surface area contributed by atoms with Crippen LogP contribution >= 0.6 is 7.81 Å². The van der Waals surface area contributed by atoms with E-state index in [2.05, 4.69) is 19.7 Å². The maximum absolute atomic E-state index is 13.6.